The van der Waals surface area contributed by atoms with Crippen molar-refractivity contribution in [2.75, 3.05) is 5.32 Å². The number of anilines is 1. The van der Waals surface area contributed by atoms with Gasteiger partial charge in [0.05, 0.1) is 17.1 Å². The molecular formula is C18H27N3. The van der Waals surface area contributed by atoms with Gasteiger partial charge < -0.3 is 5.32 Å². The van der Waals surface area contributed by atoms with Gasteiger partial charge in [0, 0.05) is 12.1 Å². The Labute approximate surface area is 128 Å². The first-order chi connectivity index (χ1) is 9.93. The second kappa shape index (κ2) is 6.33. The summed E-state index contributed by atoms with van der Waals surface area (Å²) < 4.78 is 2.09. The number of hydrogen-bond donors (Lipinski definition) is 1. The zero-order valence-electron chi connectivity index (χ0n) is 14.1. The summed E-state index contributed by atoms with van der Waals surface area (Å²) in [6.07, 6.45) is 1.08. The maximum atomic E-state index is 4.64. The molecule has 21 heavy (non-hydrogen) atoms. The monoisotopic (exact) mass is 285 g/mol. The van der Waals surface area contributed by atoms with Crippen LogP contribution in [-0.2, 0) is 6.42 Å². The molecule has 0 spiro atoms. The SMILES string of the molecule is CCc1ccc(C(C)Nc2c(C)nn(C(C)C)c2C)cc1. The van der Waals surface area contributed by atoms with Crippen molar-refractivity contribution >= 4 is 5.69 Å². The molecule has 1 heterocycles. The Kier molecular flexibility index (Phi) is 4.71. The molecule has 1 unspecified atom stereocenters. The van der Waals surface area contributed by atoms with E-state index in [9.17, 15) is 0 Å². The first-order valence-corrected chi connectivity index (χ1v) is 7.85. The van der Waals surface area contributed by atoms with Crippen LogP contribution in [0.4, 0.5) is 5.69 Å². The van der Waals surface area contributed by atoms with Crippen LogP contribution >= 0.6 is 0 Å². The highest BCUT2D eigenvalue weighted by Crippen LogP contribution is 2.27. The van der Waals surface area contributed by atoms with Gasteiger partial charge in [-0.25, -0.2) is 0 Å². The molecular weight excluding hydrogens is 258 g/mol. The van der Waals surface area contributed by atoms with Gasteiger partial charge in [-0.1, -0.05) is 31.2 Å². The quantitative estimate of drug-likeness (QED) is 0.853. The number of hydrogen-bond acceptors (Lipinski definition) is 2. The van der Waals surface area contributed by atoms with Crippen LogP contribution in [0.15, 0.2) is 24.3 Å². The maximum absolute atomic E-state index is 4.64. The van der Waals surface area contributed by atoms with Crippen LogP contribution in [0, 0.1) is 13.8 Å². The van der Waals surface area contributed by atoms with Crippen LogP contribution in [0.3, 0.4) is 0 Å². The highest BCUT2D eigenvalue weighted by Gasteiger charge is 2.15. The number of rotatable bonds is 5. The van der Waals surface area contributed by atoms with Gasteiger partial charge in [-0.3, -0.25) is 4.68 Å². The summed E-state index contributed by atoms with van der Waals surface area (Å²) in [6.45, 7) is 12.9. The minimum Gasteiger partial charge on any atom is -0.376 e. The average Bonchev–Trinajstić information content (AvgIpc) is 2.75. The highest BCUT2D eigenvalue weighted by atomic mass is 15.3. The van der Waals surface area contributed by atoms with Crippen LogP contribution in [-0.4, -0.2) is 9.78 Å². The third kappa shape index (κ3) is 3.29. The van der Waals surface area contributed by atoms with Gasteiger partial charge in [0.1, 0.15) is 0 Å². The first kappa shape index (κ1) is 15.6. The average molecular weight is 285 g/mol. The standard InChI is InChI=1S/C18H27N3/c1-7-16-8-10-17(11-9-16)13(4)19-18-14(5)20-21(12(2)3)15(18)6/h8-13,19H,7H2,1-6H3. The molecule has 3 heteroatoms. The minimum absolute atomic E-state index is 0.276. The lowest BCUT2D eigenvalue weighted by atomic mass is 10.0. The first-order valence-electron chi connectivity index (χ1n) is 7.85. The Morgan fingerprint density at radius 3 is 2.19 bits per heavy atom. The zero-order chi connectivity index (χ0) is 15.6. The van der Waals surface area contributed by atoms with Crippen molar-refractivity contribution in [2.24, 2.45) is 0 Å². The van der Waals surface area contributed by atoms with Crippen molar-refractivity contribution in [1.82, 2.24) is 9.78 Å². The van der Waals surface area contributed by atoms with Crippen LogP contribution in [0.2, 0.25) is 0 Å². The van der Waals surface area contributed by atoms with Crippen molar-refractivity contribution in [3.8, 4) is 0 Å². The van der Waals surface area contributed by atoms with Crippen molar-refractivity contribution in [1.29, 1.82) is 0 Å². The molecule has 2 aromatic rings. The molecule has 1 N–H and O–H groups in total. The van der Waals surface area contributed by atoms with Crippen molar-refractivity contribution < 1.29 is 0 Å². The smallest absolute Gasteiger partial charge is 0.0828 e. The van der Waals surface area contributed by atoms with Crippen LogP contribution in [0.25, 0.3) is 0 Å². The lowest BCUT2D eigenvalue weighted by molar-refractivity contribution is 0.516. The second-order valence-corrected chi connectivity index (χ2v) is 6.05. The zero-order valence-corrected chi connectivity index (χ0v) is 14.1. The third-order valence-corrected chi connectivity index (χ3v) is 4.06. The van der Waals surface area contributed by atoms with Crippen molar-refractivity contribution in [3.05, 3.63) is 46.8 Å². The molecule has 0 amide bonds. The van der Waals surface area contributed by atoms with Crippen molar-refractivity contribution in [2.45, 2.75) is 60.0 Å². The minimum atomic E-state index is 0.276. The molecule has 3 nitrogen and oxygen atoms in total. The molecule has 2 rings (SSSR count). The van der Waals surface area contributed by atoms with Gasteiger partial charge in [0.15, 0.2) is 0 Å². The normalized spacial score (nSPS) is 12.7. The van der Waals surface area contributed by atoms with Gasteiger partial charge >= 0.3 is 0 Å². The Morgan fingerprint density at radius 1 is 1.10 bits per heavy atom. The fourth-order valence-corrected chi connectivity index (χ4v) is 2.72. The summed E-state index contributed by atoms with van der Waals surface area (Å²) in [5, 5.41) is 8.26. The van der Waals surface area contributed by atoms with Gasteiger partial charge in [0.2, 0.25) is 0 Å². The summed E-state index contributed by atoms with van der Waals surface area (Å²) in [6, 6.07) is 9.52. The van der Waals surface area contributed by atoms with E-state index in [1.807, 2.05) is 0 Å². The number of nitrogens with zero attached hydrogens (tertiary/aromatic N) is 2. The maximum Gasteiger partial charge on any atom is 0.0828 e. The Bertz CT molecular complexity index is 594. The lowest BCUT2D eigenvalue weighted by Crippen LogP contribution is -2.09. The summed E-state index contributed by atoms with van der Waals surface area (Å²) >= 11 is 0. The van der Waals surface area contributed by atoms with E-state index in [1.54, 1.807) is 0 Å². The Hall–Kier alpha value is -1.77. The number of nitrogens with one attached hydrogen (secondary N) is 1. The van der Waals surface area contributed by atoms with Gasteiger partial charge in [-0.05, 0) is 52.2 Å². The van der Waals surface area contributed by atoms with Crippen LogP contribution in [0.5, 0.6) is 0 Å². The largest absolute Gasteiger partial charge is 0.376 e. The Morgan fingerprint density at radius 2 is 1.71 bits per heavy atom. The fourth-order valence-electron chi connectivity index (χ4n) is 2.72. The van der Waals surface area contributed by atoms with E-state index in [-0.39, 0.29) is 6.04 Å². The molecule has 0 aliphatic heterocycles. The topological polar surface area (TPSA) is 29.9 Å². The van der Waals surface area contributed by atoms with Gasteiger partial charge in [0.25, 0.3) is 0 Å². The molecule has 0 bridgehead atoms. The molecule has 0 radical (unpaired) electrons. The number of aryl methyl sites for hydroxylation is 2. The van der Waals surface area contributed by atoms with Crippen molar-refractivity contribution in [3.63, 3.8) is 0 Å². The van der Waals surface area contributed by atoms with E-state index in [0.717, 1.165) is 17.8 Å². The highest BCUT2D eigenvalue weighted by molar-refractivity contribution is 5.53. The van der Waals surface area contributed by atoms with E-state index in [4.69, 9.17) is 0 Å². The van der Waals surface area contributed by atoms with E-state index < -0.39 is 0 Å². The Balaban J connectivity index is 2.20. The number of aromatic nitrogens is 2. The summed E-state index contributed by atoms with van der Waals surface area (Å²) in [7, 11) is 0. The predicted molar refractivity (Wildman–Crippen MR) is 89.9 cm³/mol. The number of benzene rings is 1. The molecule has 0 saturated carbocycles. The van der Waals surface area contributed by atoms with E-state index in [1.165, 1.54) is 16.8 Å². The van der Waals surface area contributed by atoms with E-state index in [2.05, 4.69) is 80.9 Å². The summed E-state index contributed by atoms with van der Waals surface area (Å²) in [5.74, 6) is 0. The predicted octanol–water partition coefficient (Wildman–Crippen LogP) is 4.82. The van der Waals surface area contributed by atoms with E-state index >= 15 is 0 Å². The lowest BCUT2D eigenvalue weighted by Gasteiger charge is -2.17. The van der Waals surface area contributed by atoms with Gasteiger partial charge in [-0.2, -0.15) is 5.10 Å². The van der Waals surface area contributed by atoms with E-state index in [0.29, 0.717) is 6.04 Å². The molecule has 1 aromatic carbocycles. The molecule has 1 aromatic heterocycles. The molecule has 114 valence electrons. The fraction of sp³-hybridized carbons (Fsp3) is 0.500. The summed E-state index contributed by atoms with van der Waals surface area (Å²) in [5.41, 5.74) is 6.13. The van der Waals surface area contributed by atoms with Crippen LogP contribution in [0.1, 0.15) is 62.3 Å². The second-order valence-electron chi connectivity index (χ2n) is 6.05. The molecule has 0 aliphatic carbocycles. The third-order valence-electron chi connectivity index (χ3n) is 4.06. The van der Waals surface area contributed by atoms with Crippen LogP contribution < -0.4 is 5.32 Å². The summed E-state index contributed by atoms with van der Waals surface area (Å²) in [4.78, 5) is 0. The molecule has 0 aliphatic rings. The molecule has 0 saturated heterocycles. The molecule has 0 fully saturated rings. The molecule has 1 atom stereocenters. The van der Waals surface area contributed by atoms with Gasteiger partial charge in [-0.15, -0.1) is 0 Å².